The van der Waals surface area contributed by atoms with Gasteiger partial charge in [-0.2, -0.15) is 4.68 Å². The molecule has 0 saturated heterocycles. The molecule has 1 amide bonds. The number of aromatic nitrogens is 2. The highest BCUT2D eigenvalue weighted by molar-refractivity contribution is 9.10. The number of anilines is 1. The van der Waals surface area contributed by atoms with E-state index in [2.05, 4.69) is 26.3 Å². The van der Waals surface area contributed by atoms with E-state index in [1.54, 1.807) is 24.3 Å². The largest absolute Gasteiger partial charge is 0.456 e. The van der Waals surface area contributed by atoms with Gasteiger partial charge in [-0.15, -0.1) is 16.4 Å². The van der Waals surface area contributed by atoms with E-state index in [4.69, 9.17) is 9.15 Å². The summed E-state index contributed by atoms with van der Waals surface area (Å²) < 4.78 is 11.7. The number of nitrogens with zero attached hydrogens (tertiary/aromatic N) is 2. The highest BCUT2D eigenvalue weighted by Gasteiger charge is 2.14. The van der Waals surface area contributed by atoms with Crippen molar-refractivity contribution in [2.75, 3.05) is 11.9 Å². The molecule has 0 unspecified atom stereocenters. The van der Waals surface area contributed by atoms with Crippen molar-refractivity contribution in [1.82, 2.24) is 9.78 Å². The monoisotopic (exact) mass is 451 g/mol. The lowest BCUT2D eigenvalue weighted by Gasteiger charge is -2.07. The third kappa shape index (κ3) is 5.14. The average molecular weight is 452 g/mol. The van der Waals surface area contributed by atoms with Gasteiger partial charge >= 0.3 is 11.7 Å². The molecule has 0 aliphatic heterocycles. The number of carbonyl (C=O) groups is 2. The van der Waals surface area contributed by atoms with E-state index in [1.165, 1.54) is 11.3 Å². The third-order valence-corrected chi connectivity index (χ3v) is 4.93. The van der Waals surface area contributed by atoms with Gasteiger partial charge in [0.25, 0.3) is 11.8 Å². The molecule has 10 heteroatoms. The number of nitrogens with one attached hydrogen (secondary N) is 1. The molecule has 140 valence electrons. The van der Waals surface area contributed by atoms with Gasteiger partial charge in [0.1, 0.15) is 0 Å². The zero-order chi connectivity index (χ0) is 19.2. The van der Waals surface area contributed by atoms with Crippen molar-refractivity contribution in [3.63, 3.8) is 0 Å². The van der Waals surface area contributed by atoms with E-state index in [-0.39, 0.29) is 18.9 Å². The Hall–Kier alpha value is -2.72. The molecule has 27 heavy (non-hydrogen) atoms. The minimum absolute atomic E-state index is 0.00159. The van der Waals surface area contributed by atoms with Crippen LogP contribution < -0.4 is 11.1 Å². The summed E-state index contributed by atoms with van der Waals surface area (Å²) in [5.41, 5.74) is 0.578. The van der Waals surface area contributed by atoms with Crippen LogP contribution in [0, 0.1) is 0 Å². The molecule has 0 radical (unpaired) electrons. The Labute approximate surface area is 165 Å². The smallest absolute Gasteiger partial charge is 0.437 e. The molecule has 1 aromatic carbocycles. The topological polar surface area (TPSA) is 103 Å². The maximum atomic E-state index is 11.8. The SMILES string of the molecule is O=C(COC(=O)CCn1nc(-c2cccs2)oc1=O)Nc1ccccc1Br. The number of ether oxygens (including phenoxy) is 1. The molecule has 0 atom stereocenters. The van der Waals surface area contributed by atoms with Crippen LogP contribution in [0.2, 0.25) is 0 Å². The lowest BCUT2D eigenvalue weighted by Crippen LogP contribution is -2.23. The van der Waals surface area contributed by atoms with Gasteiger partial charge in [-0.25, -0.2) is 4.79 Å². The summed E-state index contributed by atoms with van der Waals surface area (Å²) in [6, 6.07) is 10.7. The molecule has 0 saturated carbocycles. The van der Waals surface area contributed by atoms with Crippen LogP contribution in [0.3, 0.4) is 0 Å². The van der Waals surface area contributed by atoms with Crippen molar-refractivity contribution >= 4 is 44.8 Å². The number of thiophene rings is 1. The molecule has 2 heterocycles. The summed E-state index contributed by atoms with van der Waals surface area (Å²) in [7, 11) is 0. The zero-order valence-electron chi connectivity index (χ0n) is 13.9. The van der Waals surface area contributed by atoms with Crippen LogP contribution in [0.5, 0.6) is 0 Å². The molecular formula is C17H14BrN3O5S. The molecule has 0 aliphatic carbocycles. The van der Waals surface area contributed by atoms with Gasteiger partial charge in [0.2, 0.25) is 0 Å². The van der Waals surface area contributed by atoms with Crippen LogP contribution in [0.4, 0.5) is 5.69 Å². The van der Waals surface area contributed by atoms with Crippen molar-refractivity contribution in [3.8, 4) is 10.8 Å². The van der Waals surface area contributed by atoms with Crippen molar-refractivity contribution < 1.29 is 18.7 Å². The zero-order valence-corrected chi connectivity index (χ0v) is 16.3. The molecule has 1 N–H and O–H groups in total. The molecule has 3 rings (SSSR count). The van der Waals surface area contributed by atoms with Crippen LogP contribution in [-0.2, 0) is 20.9 Å². The van der Waals surface area contributed by atoms with Gasteiger partial charge in [-0.05, 0) is 39.5 Å². The number of hydrogen-bond acceptors (Lipinski definition) is 7. The first kappa shape index (κ1) is 19.1. The Morgan fingerprint density at radius 1 is 1.26 bits per heavy atom. The van der Waals surface area contributed by atoms with E-state index in [0.29, 0.717) is 5.69 Å². The van der Waals surface area contributed by atoms with E-state index < -0.39 is 24.2 Å². The molecule has 0 aliphatic rings. The quantitative estimate of drug-likeness (QED) is 0.553. The predicted molar refractivity (Wildman–Crippen MR) is 102 cm³/mol. The van der Waals surface area contributed by atoms with Gasteiger partial charge in [-0.1, -0.05) is 18.2 Å². The summed E-state index contributed by atoms with van der Waals surface area (Å²) in [6.45, 7) is -0.424. The number of para-hydroxylation sites is 1. The summed E-state index contributed by atoms with van der Waals surface area (Å²) in [4.78, 5) is 36.1. The maximum absolute atomic E-state index is 11.8. The lowest BCUT2D eigenvalue weighted by atomic mass is 10.3. The van der Waals surface area contributed by atoms with Crippen LogP contribution in [-0.4, -0.2) is 28.3 Å². The number of benzene rings is 1. The highest BCUT2D eigenvalue weighted by Crippen LogP contribution is 2.21. The Bertz CT molecular complexity index is 996. The maximum Gasteiger partial charge on any atom is 0.437 e. The molecule has 0 fully saturated rings. The normalized spacial score (nSPS) is 10.6. The number of aryl methyl sites for hydroxylation is 1. The minimum Gasteiger partial charge on any atom is -0.456 e. The second kappa shape index (κ2) is 8.78. The van der Waals surface area contributed by atoms with Crippen LogP contribution in [0.25, 0.3) is 10.8 Å². The van der Waals surface area contributed by atoms with Crippen LogP contribution in [0.15, 0.2) is 55.5 Å². The lowest BCUT2D eigenvalue weighted by molar-refractivity contribution is -0.147. The van der Waals surface area contributed by atoms with Crippen molar-refractivity contribution in [2.45, 2.75) is 13.0 Å². The molecule has 2 aromatic heterocycles. The average Bonchev–Trinajstić information content (AvgIpc) is 3.30. The number of esters is 1. The number of halogens is 1. The Balaban J connectivity index is 1.47. The van der Waals surface area contributed by atoms with Gasteiger partial charge in [-0.3, -0.25) is 9.59 Å². The third-order valence-electron chi connectivity index (χ3n) is 3.38. The van der Waals surface area contributed by atoms with E-state index >= 15 is 0 Å². The fourth-order valence-corrected chi connectivity index (χ4v) is 3.14. The molecular weight excluding hydrogens is 438 g/mol. The standard InChI is InChI=1S/C17H14BrN3O5S/c18-11-4-1-2-5-12(11)19-14(22)10-25-15(23)7-8-21-17(24)26-16(20-21)13-6-3-9-27-13/h1-6,9H,7-8,10H2,(H,19,22). The fraction of sp³-hybridized carbons (Fsp3) is 0.176. The predicted octanol–water partition coefficient (Wildman–Crippen LogP) is 2.90. The second-order valence-corrected chi connectivity index (χ2v) is 7.11. The highest BCUT2D eigenvalue weighted by atomic mass is 79.9. The fourth-order valence-electron chi connectivity index (χ4n) is 2.11. The van der Waals surface area contributed by atoms with Crippen molar-refractivity contribution in [2.24, 2.45) is 0 Å². The van der Waals surface area contributed by atoms with Crippen molar-refractivity contribution in [1.29, 1.82) is 0 Å². The van der Waals surface area contributed by atoms with Gasteiger partial charge < -0.3 is 14.5 Å². The Kier molecular flexibility index (Phi) is 6.20. The number of amides is 1. The van der Waals surface area contributed by atoms with Crippen molar-refractivity contribution in [3.05, 3.63) is 56.8 Å². The molecule has 8 nitrogen and oxygen atoms in total. The Morgan fingerprint density at radius 2 is 2.07 bits per heavy atom. The summed E-state index contributed by atoms with van der Waals surface area (Å²) in [5, 5.41) is 8.50. The van der Waals surface area contributed by atoms with Crippen LogP contribution in [0.1, 0.15) is 6.42 Å². The molecule has 0 spiro atoms. The van der Waals surface area contributed by atoms with Gasteiger partial charge in [0, 0.05) is 4.47 Å². The van der Waals surface area contributed by atoms with E-state index in [1.807, 2.05) is 17.5 Å². The number of hydrogen-bond donors (Lipinski definition) is 1. The first-order chi connectivity index (χ1) is 13.0. The van der Waals surface area contributed by atoms with E-state index in [9.17, 15) is 14.4 Å². The molecule has 0 bridgehead atoms. The van der Waals surface area contributed by atoms with Crippen LogP contribution >= 0.6 is 27.3 Å². The second-order valence-electron chi connectivity index (χ2n) is 5.31. The minimum atomic E-state index is -0.655. The van der Waals surface area contributed by atoms with Gasteiger partial charge in [0.05, 0.1) is 23.5 Å². The molecule has 3 aromatic rings. The number of carbonyl (C=O) groups excluding carboxylic acids is 2. The summed E-state index contributed by atoms with van der Waals surface area (Å²) in [6.07, 6.45) is -0.112. The first-order valence-electron chi connectivity index (χ1n) is 7.85. The first-order valence-corrected chi connectivity index (χ1v) is 9.52. The van der Waals surface area contributed by atoms with Gasteiger partial charge in [0.15, 0.2) is 6.61 Å². The number of rotatable bonds is 7. The summed E-state index contributed by atoms with van der Waals surface area (Å²) >= 11 is 4.70. The van der Waals surface area contributed by atoms with E-state index in [0.717, 1.165) is 14.0 Å². The summed E-state index contributed by atoms with van der Waals surface area (Å²) in [5.74, 6) is -1.53. The Morgan fingerprint density at radius 3 is 2.81 bits per heavy atom.